The average molecular weight is 198 g/mol. The molecule has 0 spiro atoms. The fourth-order valence-electron chi connectivity index (χ4n) is 1.30. The topological polar surface area (TPSA) is 51.4 Å². The van der Waals surface area contributed by atoms with E-state index in [0.717, 1.165) is 18.9 Å². The van der Waals surface area contributed by atoms with E-state index in [1.807, 2.05) is 13.8 Å². The summed E-state index contributed by atoms with van der Waals surface area (Å²) in [6, 6.07) is 0. The van der Waals surface area contributed by atoms with Crippen LogP contribution >= 0.6 is 0 Å². The lowest BCUT2D eigenvalue weighted by molar-refractivity contribution is 0.283. The maximum absolute atomic E-state index is 8.62. The molecule has 0 saturated carbocycles. The zero-order chi connectivity index (χ0) is 10.6. The minimum absolute atomic E-state index is 0.521. The first kappa shape index (κ1) is 10.8. The van der Waals surface area contributed by atoms with E-state index in [1.54, 1.807) is 11.9 Å². The highest BCUT2D eigenvalue weighted by molar-refractivity contribution is 5.84. The van der Waals surface area contributed by atoms with E-state index < -0.39 is 0 Å². The Hall–Kier alpha value is -1.26. The van der Waals surface area contributed by atoms with Crippen LogP contribution in [0.25, 0.3) is 0 Å². The lowest BCUT2D eigenvalue weighted by atomic mass is 10.2. The van der Waals surface area contributed by atoms with Gasteiger partial charge in [-0.25, -0.2) is 5.01 Å². The summed E-state index contributed by atoms with van der Waals surface area (Å²) in [5, 5.41) is 17.8. The van der Waals surface area contributed by atoms with Crippen molar-refractivity contribution in [1.82, 2.24) is 9.91 Å². The lowest BCUT2D eigenvalue weighted by Crippen LogP contribution is -2.42. The number of rotatable bonds is 2. The van der Waals surface area contributed by atoms with E-state index in [-0.39, 0.29) is 0 Å². The van der Waals surface area contributed by atoms with Gasteiger partial charge in [0.05, 0.1) is 0 Å². The number of oxime groups is 1. The second kappa shape index (κ2) is 4.83. The summed E-state index contributed by atoms with van der Waals surface area (Å²) in [6.45, 7) is 8.57. The molecule has 14 heavy (non-hydrogen) atoms. The van der Waals surface area contributed by atoms with Crippen molar-refractivity contribution in [2.24, 2.45) is 10.3 Å². The van der Waals surface area contributed by atoms with Gasteiger partial charge >= 0.3 is 0 Å². The van der Waals surface area contributed by atoms with Gasteiger partial charge in [-0.1, -0.05) is 5.16 Å². The molecule has 5 nitrogen and oxygen atoms in total. The molecule has 0 unspecified atom stereocenters. The summed E-state index contributed by atoms with van der Waals surface area (Å²) in [5.74, 6) is 1.51. The molecule has 0 bridgehead atoms. The van der Waals surface area contributed by atoms with Crippen LogP contribution in [-0.4, -0.2) is 46.4 Å². The average Bonchev–Trinajstić information content (AvgIpc) is 2.10. The molecule has 0 aromatic carbocycles. The second-order valence-electron chi connectivity index (χ2n) is 3.35. The zero-order valence-electron chi connectivity index (χ0n) is 9.06. The van der Waals surface area contributed by atoms with E-state index in [2.05, 4.69) is 15.2 Å². The first-order valence-corrected chi connectivity index (χ1v) is 4.95. The molecule has 1 saturated heterocycles. The zero-order valence-corrected chi connectivity index (χ0v) is 9.06. The Bertz CT molecular complexity index is 245. The van der Waals surface area contributed by atoms with Crippen LogP contribution in [0.15, 0.2) is 10.3 Å². The molecule has 0 amide bonds. The van der Waals surface area contributed by atoms with E-state index in [9.17, 15) is 0 Å². The SMILES string of the molecule is CCN(N=C(C)N1CCC1)/C(C)=N/O. The third kappa shape index (κ3) is 2.37. The lowest BCUT2D eigenvalue weighted by Gasteiger charge is -2.33. The standard InChI is InChI=1S/C9H18N4O/c1-4-13(9(3)11-14)10-8(2)12-6-5-7-12/h14H,4-7H2,1-3H3/b10-8?,11-9+. The second-order valence-corrected chi connectivity index (χ2v) is 3.35. The summed E-state index contributed by atoms with van der Waals surface area (Å²) in [4.78, 5) is 2.20. The van der Waals surface area contributed by atoms with Crippen LogP contribution in [0.2, 0.25) is 0 Å². The monoisotopic (exact) mass is 198 g/mol. The molecule has 1 N–H and O–H groups in total. The van der Waals surface area contributed by atoms with Gasteiger partial charge < -0.3 is 10.1 Å². The summed E-state index contributed by atoms with van der Waals surface area (Å²) in [5.41, 5.74) is 0. The van der Waals surface area contributed by atoms with Gasteiger partial charge in [-0.05, 0) is 27.2 Å². The summed E-state index contributed by atoms with van der Waals surface area (Å²) in [6.07, 6.45) is 1.24. The molecule has 1 fully saturated rings. The van der Waals surface area contributed by atoms with Gasteiger partial charge in [-0.3, -0.25) is 0 Å². The van der Waals surface area contributed by atoms with E-state index in [4.69, 9.17) is 5.21 Å². The number of hydrogen-bond donors (Lipinski definition) is 1. The molecule has 1 aliphatic heterocycles. The van der Waals surface area contributed by atoms with Crippen LogP contribution in [0.1, 0.15) is 27.2 Å². The number of likely N-dealkylation sites (tertiary alicyclic amines) is 1. The van der Waals surface area contributed by atoms with Crippen molar-refractivity contribution in [3.63, 3.8) is 0 Å². The summed E-state index contributed by atoms with van der Waals surface area (Å²) in [7, 11) is 0. The fraction of sp³-hybridized carbons (Fsp3) is 0.778. The molecule has 0 aliphatic carbocycles. The molecule has 1 aliphatic rings. The van der Waals surface area contributed by atoms with Crippen LogP contribution in [0, 0.1) is 0 Å². The molecule has 0 radical (unpaired) electrons. The van der Waals surface area contributed by atoms with Gasteiger partial charge in [0, 0.05) is 19.6 Å². The Balaban J connectivity index is 2.61. The predicted molar refractivity (Wildman–Crippen MR) is 56.6 cm³/mol. The van der Waals surface area contributed by atoms with E-state index in [1.165, 1.54) is 6.42 Å². The Morgan fingerprint density at radius 1 is 1.43 bits per heavy atom. The van der Waals surface area contributed by atoms with Crippen molar-refractivity contribution in [2.45, 2.75) is 27.2 Å². The Morgan fingerprint density at radius 3 is 2.43 bits per heavy atom. The Morgan fingerprint density at radius 2 is 2.07 bits per heavy atom. The molecule has 1 rings (SSSR count). The van der Waals surface area contributed by atoms with Crippen LogP contribution < -0.4 is 0 Å². The number of hydrazone groups is 1. The molecule has 0 aromatic heterocycles. The fourth-order valence-corrected chi connectivity index (χ4v) is 1.30. The number of nitrogens with zero attached hydrogens (tertiary/aromatic N) is 4. The molecule has 80 valence electrons. The maximum atomic E-state index is 8.62. The third-order valence-electron chi connectivity index (χ3n) is 2.40. The van der Waals surface area contributed by atoms with Crippen molar-refractivity contribution >= 4 is 11.7 Å². The maximum Gasteiger partial charge on any atom is 0.161 e. The molecule has 5 heteroatoms. The van der Waals surface area contributed by atoms with Gasteiger partial charge in [0.15, 0.2) is 5.84 Å². The number of amidine groups is 2. The van der Waals surface area contributed by atoms with Gasteiger partial charge in [-0.15, -0.1) is 0 Å². The first-order valence-electron chi connectivity index (χ1n) is 4.95. The Labute approximate surface area is 84.7 Å². The van der Waals surface area contributed by atoms with Crippen molar-refractivity contribution < 1.29 is 5.21 Å². The van der Waals surface area contributed by atoms with Crippen LogP contribution in [0.5, 0.6) is 0 Å². The Kier molecular flexibility index (Phi) is 3.73. The van der Waals surface area contributed by atoms with Gasteiger partial charge in [0.25, 0.3) is 0 Å². The molecule has 0 aromatic rings. The van der Waals surface area contributed by atoms with Crippen LogP contribution in [-0.2, 0) is 0 Å². The minimum Gasteiger partial charge on any atom is -0.409 e. The number of hydrogen-bond acceptors (Lipinski definition) is 3. The van der Waals surface area contributed by atoms with E-state index >= 15 is 0 Å². The predicted octanol–water partition coefficient (Wildman–Crippen LogP) is 1.15. The van der Waals surface area contributed by atoms with Crippen molar-refractivity contribution in [2.75, 3.05) is 19.6 Å². The van der Waals surface area contributed by atoms with Gasteiger partial charge in [-0.2, -0.15) is 5.10 Å². The van der Waals surface area contributed by atoms with Gasteiger partial charge in [0.1, 0.15) is 5.84 Å². The molecular weight excluding hydrogens is 180 g/mol. The quantitative estimate of drug-likeness (QED) is 0.313. The third-order valence-corrected chi connectivity index (χ3v) is 2.40. The van der Waals surface area contributed by atoms with Crippen molar-refractivity contribution in [3.05, 3.63) is 0 Å². The summed E-state index contributed by atoms with van der Waals surface area (Å²) < 4.78 is 0. The van der Waals surface area contributed by atoms with E-state index in [0.29, 0.717) is 12.4 Å². The normalized spacial score (nSPS) is 18.1. The molecule has 0 atom stereocenters. The largest absolute Gasteiger partial charge is 0.409 e. The summed E-state index contributed by atoms with van der Waals surface area (Å²) >= 11 is 0. The molecule has 1 heterocycles. The minimum atomic E-state index is 0.521. The molecular formula is C9H18N4O. The van der Waals surface area contributed by atoms with Gasteiger partial charge in [0.2, 0.25) is 0 Å². The smallest absolute Gasteiger partial charge is 0.161 e. The first-order chi connectivity index (χ1) is 6.69. The van der Waals surface area contributed by atoms with Crippen LogP contribution in [0.3, 0.4) is 0 Å². The van der Waals surface area contributed by atoms with Crippen molar-refractivity contribution in [1.29, 1.82) is 0 Å². The highest BCUT2D eigenvalue weighted by Crippen LogP contribution is 2.07. The highest BCUT2D eigenvalue weighted by atomic mass is 16.4. The van der Waals surface area contributed by atoms with Crippen molar-refractivity contribution in [3.8, 4) is 0 Å². The highest BCUT2D eigenvalue weighted by Gasteiger charge is 2.16. The van der Waals surface area contributed by atoms with Crippen LogP contribution in [0.4, 0.5) is 0 Å².